The second kappa shape index (κ2) is 5.17. The van der Waals surface area contributed by atoms with Gasteiger partial charge in [0.1, 0.15) is 0 Å². The zero-order valence-electron chi connectivity index (χ0n) is 10.0. The van der Waals surface area contributed by atoms with Crippen molar-refractivity contribution in [3.05, 3.63) is 48.2 Å². The molecule has 1 fully saturated rings. The Balaban J connectivity index is 1.84. The van der Waals surface area contributed by atoms with Gasteiger partial charge in [-0.25, -0.2) is 0 Å². The summed E-state index contributed by atoms with van der Waals surface area (Å²) >= 11 is 0. The summed E-state index contributed by atoms with van der Waals surface area (Å²) in [5, 5.41) is 0. The molecule has 0 atom stereocenters. The lowest BCUT2D eigenvalue weighted by Crippen LogP contribution is -2.44. The third kappa shape index (κ3) is 2.86. The van der Waals surface area contributed by atoms with E-state index in [4.69, 9.17) is 0 Å². The second-order valence-electron chi connectivity index (χ2n) is 4.48. The van der Waals surface area contributed by atoms with Crippen molar-refractivity contribution in [2.75, 3.05) is 26.2 Å². The average molecular weight is 216 g/mol. The Kier molecular flexibility index (Phi) is 3.62. The van der Waals surface area contributed by atoms with Gasteiger partial charge in [0, 0.05) is 38.4 Å². The Hall–Kier alpha value is -1.28. The molecule has 0 N–H and O–H groups in total. The van der Waals surface area contributed by atoms with Gasteiger partial charge in [0.15, 0.2) is 0 Å². The van der Waals surface area contributed by atoms with E-state index in [0.29, 0.717) is 0 Å². The molecule has 0 aliphatic carbocycles. The fourth-order valence-corrected chi connectivity index (χ4v) is 2.13. The largest absolute Gasteiger partial charge is 0.373 e. The summed E-state index contributed by atoms with van der Waals surface area (Å²) in [6.45, 7) is 11.7. The number of hydrogen-bond donors (Lipinski definition) is 0. The molecule has 16 heavy (non-hydrogen) atoms. The molecule has 0 radical (unpaired) electrons. The monoisotopic (exact) mass is 216 g/mol. The highest BCUT2D eigenvalue weighted by atomic mass is 15.3. The lowest BCUT2D eigenvalue weighted by Gasteiger charge is -2.36. The lowest BCUT2D eigenvalue weighted by molar-refractivity contribution is 0.153. The van der Waals surface area contributed by atoms with Gasteiger partial charge in [-0.3, -0.25) is 4.90 Å². The van der Waals surface area contributed by atoms with Gasteiger partial charge in [0.05, 0.1) is 0 Å². The number of hydrogen-bond acceptors (Lipinski definition) is 2. The van der Waals surface area contributed by atoms with E-state index in [0.717, 1.165) is 32.7 Å². The van der Waals surface area contributed by atoms with Crippen LogP contribution in [0.25, 0.3) is 0 Å². The first-order valence-electron chi connectivity index (χ1n) is 5.92. The van der Waals surface area contributed by atoms with Gasteiger partial charge in [-0.1, -0.05) is 36.9 Å². The molecule has 0 amide bonds. The Morgan fingerprint density at radius 1 is 1.12 bits per heavy atom. The third-order valence-corrected chi connectivity index (χ3v) is 3.16. The fraction of sp³-hybridized carbons (Fsp3) is 0.429. The van der Waals surface area contributed by atoms with Crippen LogP contribution < -0.4 is 0 Å². The molecule has 0 bridgehead atoms. The Bertz CT molecular complexity index is 337. The van der Waals surface area contributed by atoms with Crippen LogP contribution in [0.1, 0.15) is 12.5 Å². The molecular weight excluding hydrogens is 196 g/mol. The number of rotatable bonds is 3. The molecule has 0 saturated carbocycles. The van der Waals surface area contributed by atoms with Gasteiger partial charge < -0.3 is 4.90 Å². The van der Waals surface area contributed by atoms with Crippen LogP contribution in [-0.4, -0.2) is 36.0 Å². The lowest BCUT2D eigenvalue weighted by atomic mass is 10.2. The minimum absolute atomic E-state index is 1.07. The highest BCUT2D eigenvalue weighted by molar-refractivity contribution is 5.14. The molecule has 1 aromatic carbocycles. The van der Waals surface area contributed by atoms with Crippen molar-refractivity contribution in [2.24, 2.45) is 0 Å². The average Bonchev–Trinajstić information content (AvgIpc) is 2.31. The van der Waals surface area contributed by atoms with Crippen LogP contribution >= 0.6 is 0 Å². The van der Waals surface area contributed by atoms with E-state index < -0.39 is 0 Å². The van der Waals surface area contributed by atoms with Crippen molar-refractivity contribution < 1.29 is 0 Å². The second-order valence-corrected chi connectivity index (χ2v) is 4.48. The molecule has 2 rings (SSSR count). The molecule has 0 unspecified atom stereocenters. The summed E-state index contributed by atoms with van der Waals surface area (Å²) in [7, 11) is 0. The predicted molar refractivity (Wildman–Crippen MR) is 68.1 cm³/mol. The zero-order chi connectivity index (χ0) is 11.4. The minimum atomic E-state index is 1.07. The molecule has 1 aliphatic rings. The Morgan fingerprint density at radius 3 is 2.31 bits per heavy atom. The van der Waals surface area contributed by atoms with Crippen molar-refractivity contribution in [3.63, 3.8) is 0 Å². The topological polar surface area (TPSA) is 6.48 Å². The van der Waals surface area contributed by atoms with Gasteiger partial charge in [0.2, 0.25) is 0 Å². The van der Waals surface area contributed by atoms with E-state index in [9.17, 15) is 0 Å². The number of nitrogens with zero attached hydrogens (tertiary/aromatic N) is 2. The van der Waals surface area contributed by atoms with E-state index in [1.165, 1.54) is 11.3 Å². The van der Waals surface area contributed by atoms with Crippen LogP contribution in [0, 0.1) is 0 Å². The van der Waals surface area contributed by atoms with Gasteiger partial charge in [-0.2, -0.15) is 0 Å². The Labute approximate surface area is 98.2 Å². The maximum absolute atomic E-state index is 4.00. The van der Waals surface area contributed by atoms with Crippen LogP contribution in [0.3, 0.4) is 0 Å². The zero-order valence-corrected chi connectivity index (χ0v) is 10.0. The molecule has 1 aliphatic heterocycles. The molecule has 0 spiro atoms. The highest BCUT2D eigenvalue weighted by Crippen LogP contribution is 2.10. The first-order chi connectivity index (χ1) is 7.75. The first-order valence-corrected chi connectivity index (χ1v) is 5.92. The molecule has 0 aromatic heterocycles. The quantitative estimate of drug-likeness (QED) is 0.765. The van der Waals surface area contributed by atoms with Crippen molar-refractivity contribution >= 4 is 0 Å². The first kappa shape index (κ1) is 11.2. The van der Waals surface area contributed by atoms with Gasteiger partial charge in [-0.05, 0) is 12.5 Å². The summed E-state index contributed by atoms with van der Waals surface area (Å²) in [5.74, 6) is 0. The number of benzene rings is 1. The fourth-order valence-electron chi connectivity index (χ4n) is 2.13. The highest BCUT2D eigenvalue weighted by Gasteiger charge is 2.15. The molecule has 1 aromatic rings. The van der Waals surface area contributed by atoms with Crippen molar-refractivity contribution in [1.29, 1.82) is 0 Å². The van der Waals surface area contributed by atoms with Crippen molar-refractivity contribution in [2.45, 2.75) is 13.5 Å². The van der Waals surface area contributed by atoms with Gasteiger partial charge in [-0.15, -0.1) is 0 Å². The van der Waals surface area contributed by atoms with E-state index >= 15 is 0 Å². The molecule has 2 heteroatoms. The summed E-state index contributed by atoms with van der Waals surface area (Å²) < 4.78 is 0. The molecule has 2 nitrogen and oxygen atoms in total. The number of piperazine rings is 1. The van der Waals surface area contributed by atoms with Crippen LogP contribution in [0.2, 0.25) is 0 Å². The van der Waals surface area contributed by atoms with Gasteiger partial charge in [0.25, 0.3) is 0 Å². The predicted octanol–water partition coefficient (Wildman–Crippen LogP) is 2.34. The van der Waals surface area contributed by atoms with E-state index in [2.05, 4.69) is 53.6 Å². The van der Waals surface area contributed by atoms with Crippen molar-refractivity contribution in [1.82, 2.24) is 9.80 Å². The van der Waals surface area contributed by atoms with Crippen molar-refractivity contribution in [3.8, 4) is 0 Å². The SMILES string of the molecule is C=C(C)N1CCN(Cc2ccccc2)CC1. The standard InChI is InChI=1S/C14H20N2/c1-13(2)16-10-8-15(9-11-16)12-14-6-4-3-5-7-14/h3-7H,1,8-12H2,2H3. The smallest absolute Gasteiger partial charge is 0.0303 e. The molecular formula is C14H20N2. The minimum Gasteiger partial charge on any atom is -0.373 e. The van der Waals surface area contributed by atoms with Crippen LogP contribution in [0.15, 0.2) is 42.6 Å². The Morgan fingerprint density at radius 2 is 1.75 bits per heavy atom. The van der Waals surface area contributed by atoms with E-state index in [1.54, 1.807) is 0 Å². The molecule has 86 valence electrons. The summed E-state index contributed by atoms with van der Waals surface area (Å²) in [4.78, 5) is 4.87. The number of allylic oxidation sites excluding steroid dienone is 1. The third-order valence-electron chi connectivity index (χ3n) is 3.16. The normalized spacial score (nSPS) is 17.4. The molecule has 1 heterocycles. The van der Waals surface area contributed by atoms with E-state index in [-0.39, 0.29) is 0 Å². The summed E-state index contributed by atoms with van der Waals surface area (Å²) in [5.41, 5.74) is 2.60. The maximum Gasteiger partial charge on any atom is 0.0303 e. The maximum atomic E-state index is 4.00. The summed E-state index contributed by atoms with van der Waals surface area (Å²) in [6, 6.07) is 10.7. The van der Waals surface area contributed by atoms with Gasteiger partial charge >= 0.3 is 0 Å². The van der Waals surface area contributed by atoms with Crippen LogP contribution in [0.5, 0.6) is 0 Å². The van der Waals surface area contributed by atoms with Crippen LogP contribution in [-0.2, 0) is 6.54 Å². The van der Waals surface area contributed by atoms with E-state index in [1.807, 2.05) is 0 Å². The summed E-state index contributed by atoms with van der Waals surface area (Å²) in [6.07, 6.45) is 0. The van der Waals surface area contributed by atoms with Crippen LogP contribution in [0.4, 0.5) is 0 Å². The molecule has 1 saturated heterocycles.